The fourth-order valence-corrected chi connectivity index (χ4v) is 1.43. The van der Waals surface area contributed by atoms with Crippen molar-refractivity contribution in [3.05, 3.63) is 11.8 Å². The second-order valence-electron chi connectivity index (χ2n) is 3.92. The zero-order chi connectivity index (χ0) is 8.48. The van der Waals surface area contributed by atoms with Gasteiger partial charge in [0.15, 0.2) is 5.78 Å². The van der Waals surface area contributed by atoms with Gasteiger partial charge in [-0.05, 0) is 18.3 Å². The molecule has 0 aliphatic heterocycles. The molecular weight excluding hydrogens is 140 g/mol. The molecule has 1 aliphatic rings. The first-order valence-electron chi connectivity index (χ1n) is 3.92. The van der Waals surface area contributed by atoms with E-state index in [1.807, 2.05) is 0 Å². The molecule has 0 atom stereocenters. The molecule has 1 N–H and O–H groups in total. The molecule has 0 heterocycles. The van der Waals surface area contributed by atoms with Crippen LogP contribution in [0.15, 0.2) is 11.8 Å². The second kappa shape index (κ2) is 2.68. The maximum Gasteiger partial charge on any atom is 0.161 e. The highest BCUT2D eigenvalue weighted by Crippen LogP contribution is 2.35. The van der Waals surface area contributed by atoms with Gasteiger partial charge in [0.2, 0.25) is 0 Å². The number of carbonyl (C=O) groups is 1. The quantitative estimate of drug-likeness (QED) is 0.429. The Morgan fingerprint density at radius 3 is 2.64 bits per heavy atom. The predicted molar refractivity (Wildman–Crippen MR) is 43.4 cm³/mol. The van der Waals surface area contributed by atoms with Crippen molar-refractivity contribution in [3.8, 4) is 0 Å². The summed E-state index contributed by atoms with van der Waals surface area (Å²) in [5.74, 6) is 0.104. The molecule has 0 aromatic carbocycles. The Morgan fingerprint density at radius 2 is 2.18 bits per heavy atom. The molecule has 2 nitrogen and oxygen atoms in total. The second-order valence-corrected chi connectivity index (χ2v) is 3.92. The first-order valence-corrected chi connectivity index (χ1v) is 3.92. The summed E-state index contributed by atoms with van der Waals surface area (Å²) in [6, 6.07) is 0. The van der Waals surface area contributed by atoms with Gasteiger partial charge >= 0.3 is 0 Å². The minimum Gasteiger partial charge on any atom is -0.515 e. The predicted octanol–water partition coefficient (Wildman–Crippen LogP) is 2.21. The molecule has 0 unspecified atom stereocenters. The normalized spacial score (nSPS) is 27.5. The Labute approximate surface area is 66.9 Å². The Kier molecular flexibility index (Phi) is 2.03. The van der Waals surface area contributed by atoms with E-state index >= 15 is 0 Å². The maximum absolute atomic E-state index is 11.1. The van der Waals surface area contributed by atoms with Crippen LogP contribution in [0, 0.1) is 5.41 Å². The first-order chi connectivity index (χ1) is 5.05. The van der Waals surface area contributed by atoms with Crippen LogP contribution >= 0.6 is 0 Å². The summed E-state index contributed by atoms with van der Waals surface area (Å²) >= 11 is 0. The van der Waals surface area contributed by atoms with Crippen LogP contribution in [-0.2, 0) is 4.79 Å². The smallest absolute Gasteiger partial charge is 0.161 e. The Bertz CT molecular complexity index is 202. The molecule has 0 bridgehead atoms. The van der Waals surface area contributed by atoms with Crippen molar-refractivity contribution in [3.63, 3.8) is 0 Å². The van der Waals surface area contributed by atoms with Crippen molar-refractivity contribution in [1.82, 2.24) is 0 Å². The van der Waals surface area contributed by atoms with Gasteiger partial charge in [-0.25, -0.2) is 0 Å². The highest BCUT2D eigenvalue weighted by molar-refractivity contribution is 5.95. The van der Waals surface area contributed by atoms with E-state index < -0.39 is 0 Å². The number of hydrogen-bond acceptors (Lipinski definition) is 2. The summed E-state index contributed by atoms with van der Waals surface area (Å²) in [6.45, 7) is 4.23. The molecule has 1 aliphatic carbocycles. The van der Waals surface area contributed by atoms with Crippen molar-refractivity contribution in [2.24, 2.45) is 5.41 Å². The minimum atomic E-state index is 0.104. The van der Waals surface area contributed by atoms with Crippen LogP contribution in [0.5, 0.6) is 0 Å². The molecule has 2 heteroatoms. The van der Waals surface area contributed by atoms with Crippen LogP contribution in [0.25, 0.3) is 0 Å². The molecule has 0 amide bonds. The highest BCUT2D eigenvalue weighted by atomic mass is 16.2. The number of rotatable bonds is 0. The van der Waals surface area contributed by atoms with Crippen LogP contribution in [0.3, 0.4) is 0 Å². The molecule has 62 valence electrons. The number of allylic oxidation sites excluding steroid dienone is 1. The van der Waals surface area contributed by atoms with E-state index in [4.69, 9.17) is 5.11 Å². The van der Waals surface area contributed by atoms with Crippen LogP contribution < -0.4 is 0 Å². The molecule has 1 rings (SSSR count). The van der Waals surface area contributed by atoms with Gasteiger partial charge in [0.1, 0.15) is 0 Å². The van der Waals surface area contributed by atoms with E-state index in [9.17, 15) is 4.79 Å². The number of ketones is 1. The Morgan fingerprint density at radius 1 is 1.55 bits per heavy atom. The topological polar surface area (TPSA) is 37.3 Å². The van der Waals surface area contributed by atoms with E-state index in [1.54, 1.807) is 0 Å². The van der Waals surface area contributed by atoms with Gasteiger partial charge in [-0.1, -0.05) is 13.8 Å². The average Bonchev–Trinajstić information content (AvgIpc) is 1.94. The van der Waals surface area contributed by atoms with Gasteiger partial charge in [-0.2, -0.15) is 0 Å². The van der Waals surface area contributed by atoms with Gasteiger partial charge in [0.05, 0.1) is 6.26 Å². The molecule has 1 fully saturated rings. The third kappa shape index (κ3) is 1.82. The lowest BCUT2D eigenvalue weighted by Gasteiger charge is -2.29. The van der Waals surface area contributed by atoms with E-state index in [-0.39, 0.29) is 11.2 Å². The lowest BCUT2D eigenvalue weighted by Crippen LogP contribution is -2.23. The van der Waals surface area contributed by atoms with Gasteiger partial charge in [-0.3, -0.25) is 4.79 Å². The summed E-state index contributed by atoms with van der Waals surface area (Å²) in [7, 11) is 0. The molecule has 1 saturated carbocycles. The standard InChI is InChI=1S/C9H14O2/c1-9(2)4-3-8(11)7(5-9)6-10/h6,10H,3-5H2,1-2H3. The van der Waals surface area contributed by atoms with Crippen LogP contribution in [0.4, 0.5) is 0 Å². The Balaban J connectivity index is 2.74. The fraction of sp³-hybridized carbons (Fsp3) is 0.667. The summed E-state index contributed by atoms with van der Waals surface area (Å²) in [5.41, 5.74) is 0.768. The summed E-state index contributed by atoms with van der Waals surface area (Å²) in [5, 5.41) is 8.71. The van der Waals surface area contributed by atoms with Gasteiger partial charge in [0.25, 0.3) is 0 Å². The van der Waals surface area contributed by atoms with Crippen molar-refractivity contribution in [2.75, 3.05) is 0 Å². The third-order valence-electron chi connectivity index (χ3n) is 2.21. The van der Waals surface area contributed by atoms with E-state index in [1.165, 1.54) is 0 Å². The largest absolute Gasteiger partial charge is 0.515 e. The number of hydrogen-bond donors (Lipinski definition) is 1. The van der Waals surface area contributed by atoms with Crippen LogP contribution in [-0.4, -0.2) is 10.9 Å². The lowest BCUT2D eigenvalue weighted by molar-refractivity contribution is -0.117. The third-order valence-corrected chi connectivity index (χ3v) is 2.21. The molecule has 0 radical (unpaired) electrons. The van der Waals surface area contributed by atoms with Crippen molar-refractivity contribution >= 4 is 5.78 Å². The summed E-state index contributed by atoms with van der Waals surface area (Å²) in [4.78, 5) is 11.1. The fourth-order valence-electron chi connectivity index (χ4n) is 1.43. The minimum absolute atomic E-state index is 0.104. The molecule has 11 heavy (non-hydrogen) atoms. The van der Waals surface area contributed by atoms with E-state index in [2.05, 4.69) is 13.8 Å². The monoisotopic (exact) mass is 154 g/mol. The van der Waals surface area contributed by atoms with E-state index in [0.717, 1.165) is 12.7 Å². The zero-order valence-electron chi connectivity index (χ0n) is 7.05. The van der Waals surface area contributed by atoms with Crippen molar-refractivity contribution < 1.29 is 9.90 Å². The van der Waals surface area contributed by atoms with E-state index in [0.29, 0.717) is 18.4 Å². The molecule has 0 aromatic heterocycles. The summed E-state index contributed by atoms with van der Waals surface area (Å²) in [6.07, 6.45) is 3.19. The van der Waals surface area contributed by atoms with Crippen molar-refractivity contribution in [2.45, 2.75) is 33.1 Å². The SMILES string of the molecule is CC1(C)CCC(=O)C(=CO)C1. The lowest BCUT2D eigenvalue weighted by atomic mass is 9.75. The zero-order valence-corrected chi connectivity index (χ0v) is 7.05. The number of Topliss-reactive ketones (excluding diaryl/α,β-unsaturated/α-hetero) is 1. The van der Waals surface area contributed by atoms with Gasteiger partial charge in [-0.15, -0.1) is 0 Å². The van der Waals surface area contributed by atoms with Crippen LogP contribution in [0.2, 0.25) is 0 Å². The molecule has 0 saturated heterocycles. The van der Waals surface area contributed by atoms with Gasteiger partial charge < -0.3 is 5.11 Å². The highest BCUT2D eigenvalue weighted by Gasteiger charge is 2.29. The first kappa shape index (κ1) is 8.31. The number of aliphatic hydroxyl groups is 1. The average molecular weight is 154 g/mol. The van der Waals surface area contributed by atoms with Crippen LogP contribution in [0.1, 0.15) is 33.1 Å². The molecular formula is C9H14O2. The number of aliphatic hydroxyl groups excluding tert-OH is 1. The molecule has 0 aromatic rings. The molecule has 0 spiro atoms. The Hall–Kier alpha value is -0.790. The summed E-state index contributed by atoms with van der Waals surface area (Å²) < 4.78 is 0. The van der Waals surface area contributed by atoms with Gasteiger partial charge in [0, 0.05) is 12.0 Å². The van der Waals surface area contributed by atoms with Crippen molar-refractivity contribution in [1.29, 1.82) is 0 Å². The maximum atomic E-state index is 11.1. The number of carbonyl (C=O) groups excluding carboxylic acids is 1.